The number of amides is 1. The zero-order chi connectivity index (χ0) is 20.1. The van der Waals surface area contributed by atoms with Gasteiger partial charge in [-0.05, 0) is 66.1 Å². The molecule has 7 heteroatoms. The smallest absolute Gasteiger partial charge is 0.224 e. The van der Waals surface area contributed by atoms with Crippen molar-refractivity contribution in [3.05, 3.63) is 76.4 Å². The molecule has 0 aliphatic carbocycles. The molecule has 1 N–H and O–H groups in total. The molecule has 0 aliphatic heterocycles. The van der Waals surface area contributed by atoms with Gasteiger partial charge in [0, 0.05) is 6.54 Å². The third-order valence-electron chi connectivity index (χ3n) is 4.57. The molecule has 1 aromatic carbocycles. The Morgan fingerprint density at radius 2 is 1.89 bits per heavy atom. The molecule has 0 saturated carbocycles. The molecule has 2 aromatic heterocycles. The van der Waals surface area contributed by atoms with Gasteiger partial charge < -0.3 is 9.73 Å². The zero-order valence-electron chi connectivity index (χ0n) is 15.8. The number of sulfone groups is 1. The highest BCUT2D eigenvalue weighted by molar-refractivity contribution is 7.92. The average Bonchev–Trinajstić information content (AvgIpc) is 3.37. The summed E-state index contributed by atoms with van der Waals surface area (Å²) in [7, 11) is -3.30. The molecule has 0 saturated heterocycles. The fourth-order valence-electron chi connectivity index (χ4n) is 2.88. The number of furan rings is 1. The largest absolute Gasteiger partial charge is 0.469 e. The minimum atomic E-state index is -3.30. The molecule has 1 unspecified atom stereocenters. The van der Waals surface area contributed by atoms with Gasteiger partial charge in [-0.15, -0.1) is 0 Å². The van der Waals surface area contributed by atoms with E-state index in [0.29, 0.717) is 6.54 Å². The van der Waals surface area contributed by atoms with E-state index in [-0.39, 0.29) is 23.1 Å². The highest BCUT2D eigenvalue weighted by atomic mass is 32.2. The highest BCUT2D eigenvalue weighted by Gasteiger charge is 2.20. The Morgan fingerprint density at radius 1 is 1.14 bits per heavy atom. The molecule has 3 rings (SSSR count). The normalized spacial score (nSPS) is 12.8. The minimum absolute atomic E-state index is 0.0382. The van der Waals surface area contributed by atoms with Crippen LogP contribution in [0.4, 0.5) is 0 Å². The number of thiophene rings is 1. The van der Waals surface area contributed by atoms with Crippen LogP contribution in [-0.4, -0.2) is 26.1 Å². The van der Waals surface area contributed by atoms with Gasteiger partial charge in [0.25, 0.3) is 0 Å². The van der Waals surface area contributed by atoms with Crippen molar-refractivity contribution in [3.8, 4) is 0 Å². The van der Waals surface area contributed by atoms with E-state index in [9.17, 15) is 13.2 Å². The first-order chi connectivity index (χ1) is 13.4. The first kappa shape index (κ1) is 20.4. The summed E-state index contributed by atoms with van der Waals surface area (Å²) in [4.78, 5) is 12.7. The average molecular weight is 418 g/mol. The van der Waals surface area contributed by atoms with E-state index in [1.54, 1.807) is 55.7 Å². The standard InChI is InChI=1S/C21H23NO4S2/c1-15(2)28(24,25)18-7-5-16(6-8-18)12-21(23)22-13-19(17-9-11-27-14-17)20-4-3-10-26-20/h3-11,14-15,19H,12-13H2,1-2H3,(H,22,23). The van der Waals surface area contributed by atoms with E-state index < -0.39 is 15.1 Å². The van der Waals surface area contributed by atoms with Crippen LogP contribution in [0.5, 0.6) is 0 Å². The lowest BCUT2D eigenvalue weighted by molar-refractivity contribution is -0.120. The molecule has 0 fully saturated rings. The van der Waals surface area contributed by atoms with Gasteiger partial charge in [-0.1, -0.05) is 12.1 Å². The summed E-state index contributed by atoms with van der Waals surface area (Å²) in [5.74, 6) is 0.650. The van der Waals surface area contributed by atoms with Crippen LogP contribution in [0, 0.1) is 0 Å². The lowest BCUT2D eigenvalue weighted by Crippen LogP contribution is -2.30. The van der Waals surface area contributed by atoms with Gasteiger partial charge in [0.15, 0.2) is 9.84 Å². The lowest BCUT2D eigenvalue weighted by Gasteiger charge is -2.15. The fraction of sp³-hybridized carbons (Fsp3) is 0.286. The molecule has 0 aliphatic rings. The van der Waals surface area contributed by atoms with E-state index in [2.05, 4.69) is 5.32 Å². The van der Waals surface area contributed by atoms with Crippen molar-refractivity contribution in [3.63, 3.8) is 0 Å². The van der Waals surface area contributed by atoms with Crippen LogP contribution in [0.15, 0.2) is 68.8 Å². The summed E-state index contributed by atoms with van der Waals surface area (Å²) >= 11 is 1.60. The predicted molar refractivity (Wildman–Crippen MR) is 110 cm³/mol. The number of rotatable bonds is 8. The fourth-order valence-corrected chi connectivity index (χ4v) is 4.65. The number of carbonyl (C=O) groups is 1. The van der Waals surface area contributed by atoms with Gasteiger partial charge in [0.2, 0.25) is 5.91 Å². The van der Waals surface area contributed by atoms with Gasteiger partial charge in [-0.25, -0.2) is 8.42 Å². The van der Waals surface area contributed by atoms with Crippen molar-refractivity contribution in [1.82, 2.24) is 5.32 Å². The SMILES string of the molecule is CC(C)S(=O)(=O)c1ccc(CC(=O)NCC(c2ccsc2)c2ccco2)cc1. The maximum absolute atomic E-state index is 12.4. The highest BCUT2D eigenvalue weighted by Crippen LogP contribution is 2.26. The number of carbonyl (C=O) groups excluding carboxylic acids is 1. The van der Waals surface area contributed by atoms with Gasteiger partial charge in [0.05, 0.1) is 28.7 Å². The Hall–Kier alpha value is -2.38. The van der Waals surface area contributed by atoms with E-state index in [1.807, 2.05) is 29.0 Å². The van der Waals surface area contributed by atoms with Gasteiger partial charge in [-0.2, -0.15) is 11.3 Å². The van der Waals surface area contributed by atoms with Crippen molar-refractivity contribution in [2.24, 2.45) is 0 Å². The molecule has 1 atom stereocenters. The zero-order valence-corrected chi connectivity index (χ0v) is 17.4. The second kappa shape index (κ2) is 8.75. The van der Waals surface area contributed by atoms with Crippen molar-refractivity contribution >= 4 is 27.1 Å². The van der Waals surface area contributed by atoms with Crippen LogP contribution in [0.2, 0.25) is 0 Å². The number of benzene rings is 1. The predicted octanol–water partition coefficient (Wildman–Crippen LogP) is 4.01. The van der Waals surface area contributed by atoms with Crippen LogP contribution in [0.25, 0.3) is 0 Å². The first-order valence-corrected chi connectivity index (χ1v) is 11.5. The monoisotopic (exact) mass is 417 g/mol. The second-order valence-corrected chi connectivity index (χ2v) is 10.1. The number of nitrogens with one attached hydrogen (secondary N) is 1. The first-order valence-electron chi connectivity index (χ1n) is 9.03. The van der Waals surface area contributed by atoms with E-state index >= 15 is 0 Å². The van der Waals surface area contributed by atoms with Crippen LogP contribution in [0.1, 0.15) is 36.7 Å². The maximum atomic E-state index is 12.4. The Kier molecular flexibility index (Phi) is 6.36. The number of hydrogen-bond donors (Lipinski definition) is 1. The van der Waals surface area contributed by atoms with Crippen molar-refractivity contribution < 1.29 is 17.6 Å². The summed E-state index contributed by atoms with van der Waals surface area (Å²) in [6.45, 7) is 3.74. The molecule has 2 heterocycles. The van der Waals surface area contributed by atoms with Crippen molar-refractivity contribution in [2.45, 2.75) is 36.3 Å². The molecule has 5 nitrogen and oxygen atoms in total. The topological polar surface area (TPSA) is 76.4 Å². The summed E-state index contributed by atoms with van der Waals surface area (Å²) in [5, 5.41) is 6.53. The van der Waals surface area contributed by atoms with Crippen molar-refractivity contribution in [2.75, 3.05) is 6.54 Å². The summed E-state index contributed by atoms with van der Waals surface area (Å²) < 4.78 is 29.9. The molecule has 3 aromatic rings. The van der Waals surface area contributed by atoms with Crippen LogP contribution >= 0.6 is 11.3 Å². The van der Waals surface area contributed by atoms with Crippen LogP contribution in [0.3, 0.4) is 0 Å². The third kappa shape index (κ3) is 4.72. The van der Waals surface area contributed by atoms with Gasteiger partial charge in [0.1, 0.15) is 5.76 Å². The summed E-state index contributed by atoms with van der Waals surface area (Å²) in [5.41, 5.74) is 1.87. The lowest BCUT2D eigenvalue weighted by atomic mass is 9.99. The molecule has 148 valence electrons. The molecular weight excluding hydrogens is 394 g/mol. The molecule has 28 heavy (non-hydrogen) atoms. The van der Waals surface area contributed by atoms with Crippen molar-refractivity contribution in [1.29, 1.82) is 0 Å². The third-order valence-corrected chi connectivity index (χ3v) is 7.44. The van der Waals surface area contributed by atoms with E-state index in [1.165, 1.54) is 0 Å². The Bertz CT molecular complexity index is 955. The molecule has 0 spiro atoms. The van der Waals surface area contributed by atoms with Crippen LogP contribution in [-0.2, 0) is 21.1 Å². The molecule has 0 bridgehead atoms. The second-order valence-electron chi connectivity index (χ2n) is 6.84. The molecular formula is C21H23NO4S2. The van der Waals surface area contributed by atoms with Gasteiger partial charge in [-0.3, -0.25) is 4.79 Å². The quantitative estimate of drug-likeness (QED) is 0.601. The minimum Gasteiger partial charge on any atom is -0.469 e. The number of hydrogen-bond acceptors (Lipinski definition) is 5. The maximum Gasteiger partial charge on any atom is 0.224 e. The molecule has 0 radical (unpaired) electrons. The molecule has 1 amide bonds. The Balaban J connectivity index is 1.62. The Labute approximate surface area is 169 Å². The van der Waals surface area contributed by atoms with Gasteiger partial charge >= 0.3 is 0 Å². The summed E-state index contributed by atoms with van der Waals surface area (Å²) in [6.07, 6.45) is 1.82. The van der Waals surface area contributed by atoms with E-state index in [4.69, 9.17) is 4.42 Å². The summed E-state index contributed by atoms with van der Waals surface area (Å²) in [6, 6.07) is 12.3. The van der Waals surface area contributed by atoms with Crippen LogP contribution < -0.4 is 5.32 Å². The Morgan fingerprint density at radius 3 is 2.46 bits per heavy atom. The van der Waals surface area contributed by atoms with E-state index in [0.717, 1.165) is 16.9 Å².